The second-order valence-electron chi connectivity index (χ2n) is 4.98. The summed E-state index contributed by atoms with van der Waals surface area (Å²) >= 11 is 0. The second kappa shape index (κ2) is 8.69. The summed E-state index contributed by atoms with van der Waals surface area (Å²) in [6.07, 6.45) is 4.71. The fourth-order valence-electron chi connectivity index (χ4n) is 1.80. The molecular weight excluding hydrogens is 240 g/mol. The minimum atomic E-state index is 0.262. The zero-order valence-electron chi connectivity index (χ0n) is 12.2. The number of aliphatic hydroxyl groups is 1. The molecule has 1 unspecified atom stereocenters. The van der Waals surface area contributed by atoms with E-state index in [-0.39, 0.29) is 6.61 Å². The monoisotopic (exact) mass is 266 g/mol. The molecule has 0 aliphatic carbocycles. The highest BCUT2D eigenvalue weighted by atomic mass is 16.3. The van der Waals surface area contributed by atoms with Crippen LogP contribution in [0, 0.1) is 12.8 Å². The van der Waals surface area contributed by atoms with Crippen LogP contribution in [0.5, 0.6) is 0 Å². The Hall–Kier alpha value is -1.36. The lowest BCUT2D eigenvalue weighted by Gasteiger charge is -2.13. The first kappa shape index (κ1) is 15.7. The van der Waals surface area contributed by atoms with Crippen molar-refractivity contribution < 1.29 is 5.11 Å². The van der Waals surface area contributed by atoms with Gasteiger partial charge in [-0.2, -0.15) is 0 Å². The number of nitrogens with one attached hydrogen (secondary N) is 2. The van der Waals surface area contributed by atoms with Gasteiger partial charge in [0.2, 0.25) is 0 Å². The summed E-state index contributed by atoms with van der Waals surface area (Å²) in [7, 11) is 0. The number of rotatable bonds is 9. The van der Waals surface area contributed by atoms with Crippen molar-refractivity contribution in [2.24, 2.45) is 5.92 Å². The molecule has 1 atom stereocenters. The van der Waals surface area contributed by atoms with Crippen molar-refractivity contribution in [3.8, 4) is 0 Å². The Morgan fingerprint density at radius 1 is 1.21 bits per heavy atom. The molecule has 0 saturated carbocycles. The molecule has 1 aromatic heterocycles. The van der Waals surface area contributed by atoms with Crippen LogP contribution in [0.15, 0.2) is 6.33 Å². The lowest BCUT2D eigenvalue weighted by Crippen LogP contribution is -2.11. The first-order valence-corrected chi connectivity index (χ1v) is 7.09. The molecule has 0 bridgehead atoms. The predicted molar refractivity (Wildman–Crippen MR) is 79.5 cm³/mol. The number of hydrogen-bond donors (Lipinski definition) is 3. The van der Waals surface area contributed by atoms with Crippen LogP contribution in [0.25, 0.3) is 0 Å². The minimum Gasteiger partial charge on any atom is -0.396 e. The quantitative estimate of drug-likeness (QED) is 0.599. The van der Waals surface area contributed by atoms with E-state index in [0.717, 1.165) is 49.6 Å². The van der Waals surface area contributed by atoms with Crippen molar-refractivity contribution in [2.75, 3.05) is 30.3 Å². The summed E-state index contributed by atoms with van der Waals surface area (Å²) in [6.45, 7) is 8.27. The molecule has 3 N–H and O–H groups in total. The van der Waals surface area contributed by atoms with Gasteiger partial charge in [-0.25, -0.2) is 9.97 Å². The molecule has 0 amide bonds. The summed E-state index contributed by atoms with van der Waals surface area (Å²) in [6, 6.07) is 0. The number of hydrogen-bond acceptors (Lipinski definition) is 5. The van der Waals surface area contributed by atoms with E-state index in [0.29, 0.717) is 5.92 Å². The van der Waals surface area contributed by atoms with Gasteiger partial charge in [-0.05, 0) is 32.1 Å². The highest BCUT2D eigenvalue weighted by Gasteiger charge is 2.06. The van der Waals surface area contributed by atoms with Crippen LogP contribution in [0.1, 0.15) is 38.7 Å². The Morgan fingerprint density at radius 3 is 2.42 bits per heavy atom. The average molecular weight is 266 g/mol. The van der Waals surface area contributed by atoms with E-state index in [1.165, 1.54) is 0 Å². The van der Waals surface area contributed by atoms with Gasteiger partial charge < -0.3 is 15.7 Å². The van der Waals surface area contributed by atoms with E-state index in [4.69, 9.17) is 5.11 Å². The lowest BCUT2D eigenvalue weighted by molar-refractivity contribution is 0.229. The van der Waals surface area contributed by atoms with Gasteiger partial charge in [0.1, 0.15) is 18.0 Å². The summed E-state index contributed by atoms with van der Waals surface area (Å²) in [5.41, 5.74) is 1.06. The Balaban J connectivity index is 2.45. The van der Waals surface area contributed by atoms with Crippen LogP contribution in [0.2, 0.25) is 0 Å². The molecule has 5 nitrogen and oxygen atoms in total. The standard InChI is InChI=1S/C14H26N4O/c1-4-7-15-13-12(3)14(18-10-17-13)16-8-5-6-11(2)9-19/h10-11,19H,4-9H2,1-3H3,(H2,15,16,17,18). The lowest BCUT2D eigenvalue weighted by atomic mass is 10.1. The molecule has 0 fully saturated rings. The van der Waals surface area contributed by atoms with Crippen molar-refractivity contribution in [3.05, 3.63) is 11.9 Å². The fraction of sp³-hybridized carbons (Fsp3) is 0.714. The molecule has 108 valence electrons. The Bertz CT molecular complexity index is 370. The molecule has 1 rings (SSSR count). The zero-order valence-corrected chi connectivity index (χ0v) is 12.2. The number of aromatic nitrogens is 2. The summed E-state index contributed by atoms with van der Waals surface area (Å²) < 4.78 is 0. The highest BCUT2D eigenvalue weighted by Crippen LogP contribution is 2.18. The number of anilines is 2. The van der Waals surface area contributed by atoms with Crippen LogP contribution < -0.4 is 10.6 Å². The van der Waals surface area contributed by atoms with Gasteiger partial charge in [0.25, 0.3) is 0 Å². The van der Waals surface area contributed by atoms with E-state index in [2.05, 4.69) is 34.4 Å². The van der Waals surface area contributed by atoms with Gasteiger partial charge in [-0.1, -0.05) is 13.8 Å². The van der Waals surface area contributed by atoms with Crippen LogP contribution in [-0.4, -0.2) is 34.8 Å². The summed E-state index contributed by atoms with van der Waals surface area (Å²) in [5, 5.41) is 15.6. The zero-order chi connectivity index (χ0) is 14.1. The molecule has 0 radical (unpaired) electrons. The normalized spacial score (nSPS) is 12.2. The molecule has 1 heterocycles. The van der Waals surface area contributed by atoms with Gasteiger partial charge in [0.15, 0.2) is 0 Å². The van der Waals surface area contributed by atoms with Crippen LogP contribution in [0.4, 0.5) is 11.6 Å². The first-order valence-electron chi connectivity index (χ1n) is 7.09. The van der Waals surface area contributed by atoms with Gasteiger partial charge >= 0.3 is 0 Å². The summed E-state index contributed by atoms with van der Waals surface area (Å²) in [4.78, 5) is 8.52. The third-order valence-electron chi connectivity index (χ3n) is 3.10. The van der Waals surface area contributed by atoms with E-state index in [9.17, 15) is 0 Å². The smallest absolute Gasteiger partial charge is 0.134 e. The van der Waals surface area contributed by atoms with Crippen LogP contribution in [-0.2, 0) is 0 Å². The average Bonchev–Trinajstić information content (AvgIpc) is 2.43. The van der Waals surface area contributed by atoms with Gasteiger partial charge in [0, 0.05) is 25.3 Å². The molecule has 0 aromatic carbocycles. The topological polar surface area (TPSA) is 70.1 Å². The van der Waals surface area contributed by atoms with Crippen molar-refractivity contribution in [3.63, 3.8) is 0 Å². The number of aliphatic hydroxyl groups excluding tert-OH is 1. The van der Waals surface area contributed by atoms with E-state index >= 15 is 0 Å². The van der Waals surface area contributed by atoms with E-state index in [1.807, 2.05) is 6.92 Å². The third kappa shape index (κ3) is 5.42. The van der Waals surface area contributed by atoms with E-state index < -0.39 is 0 Å². The maximum atomic E-state index is 8.96. The van der Waals surface area contributed by atoms with Crippen molar-refractivity contribution in [1.29, 1.82) is 0 Å². The SMILES string of the molecule is CCCNc1ncnc(NCCCC(C)CO)c1C. The maximum Gasteiger partial charge on any atom is 0.134 e. The molecular formula is C14H26N4O. The molecule has 0 saturated heterocycles. The molecule has 0 aliphatic rings. The Labute approximate surface area is 115 Å². The minimum absolute atomic E-state index is 0.262. The first-order chi connectivity index (χ1) is 9.19. The summed E-state index contributed by atoms with van der Waals surface area (Å²) in [5.74, 6) is 2.17. The highest BCUT2D eigenvalue weighted by molar-refractivity contribution is 5.56. The predicted octanol–water partition coefficient (Wildman–Crippen LogP) is 2.43. The van der Waals surface area contributed by atoms with Gasteiger partial charge in [0.05, 0.1) is 0 Å². The molecule has 5 heteroatoms. The molecule has 19 heavy (non-hydrogen) atoms. The van der Waals surface area contributed by atoms with E-state index in [1.54, 1.807) is 6.33 Å². The Morgan fingerprint density at radius 2 is 1.84 bits per heavy atom. The third-order valence-corrected chi connectivity index (χ3v) is 3.10. The maximum absolute atomic E-state index is 8.96. The molecule has 0 spiro atoms. The van der Waals surface area contributed by atoms with Crippen molar-refractivity contribution in [2.45, 2.75) is 40.0 Å². The largest absolute Gasteiger partial charge is 0.396 e. The molecule has 1 aromatic rings. The van der Waals surface area contributed by atoms with Gasteiger partial charge in [-0.3, -0.25) is 0 Å². The Kier molecular flexibility index (Phi) is 7.18. The van der Waals surface area contributed by atoms with Crippen LogP contribution >= 0.6 is 0 Å². The number of nitrogens with zero attached hydrogens (tertiary/aromatic N) is 2. The van der Waals surface area contributed by atoms with Gasteiger partial charge in [-0.15, -0.1) is 0 Å². The molecule has 0 aliphatic heterocycles. The van der Waals surface area contributed by atoms with Crippen LogP contribution in [0.3, 0.4) is 0 Å². The fourth-order valence-corrected chi connectivity index (χ4v) is 1.80. The second-order valence-corrected chi connectivity index (χ2v) is 4.98. The van der Waals surface area contributed by atoms with Crippen molar-refractivity contribution >= 4 is 11.6 Å². The van der Waals surface area contributed by atoms with Crippen molar-refractivity contribution in [1.82, 2.24) is 9.97 Å².